The van der Waals surface area contributed by atoms with E-state index < -0.39 is 11.8 Å². The van der Waals surface area contributed by atoms with Crippen molar-refractivity contribution in [3.05, 3.63) is 22.2 Å². The van der Waals surface area contributed by atoms with Crippen molar-refractivity contribution in [2.24, 2.45) is 5.10 Å². The van der Waals surface area contributed by atoms with Crippen LogP contribution in [0.5, 0.6) is 11.5 Å². The maximum atomic E-state index is 11.9. The van der Waals surface area contributed by atoms with Crippen LogP contribution in [0.2, 0.25) is 0 Å². The Hall–Kier alpha value is -2.17. The van der Waals surface area contributed by atoms with Gasteiger partial charge < -0.3 is 19.5 Å². The Morgan fingerprint density at radius 2 is 1.93 bits per heavy atom. The first kappa shape index (κ1) is 24.1. The van der Waals surface area contributed by atoms with Crippen LogP contribution in [0.3, 0.4) is 0 Å². The van der Waals surface area contributed by atoms with Crippen molar-refractivity contribution in [2.75, 3.05) is 52.6 Å². The van der Waals surface area contributed by atoms with Gasteiger partial charge in [0.15, 0.2) is 11.5 Å². The smallest absolute Gasteiger partial charge is 0.329 e. The summed E-state index contributed by atoms with van der Waals surface area (Å²) < 4.78 is 17.2. The molecule has 0 saturated carbocycles. The Kier molecular flexibility index (Phi) is 10.6. The lowest BCUT2D eigenvalue weighted by Crippen LogP contribution is -2.40. The fourth-order valence-electron chi connectivity index (χ4n) is 2.84. The first-order valence-electron chi connectivity index (χ1n) is 10.1. The van der Waals surface area contributed by atoms with E-state index in [0.717, 1.165) is 39.3 Å². The van der Waals surface area contributed by atoms with E-state index in [1.807, 2.05) is 13.8 Å². The highest BCUT2D eigenvalue weighted by Gasteiger charge is 2.14. The number of morpholine rings is 1. The lowest BCUT2D eigenvalue weighted by molar-refractivity contribution is -0.139. The SMILES string of the molecule is CCOc1cc(/C=N\NC(=O)C(=O)NCCCN2CCOCC2)cc(Br)c1OCC. The number of carbonyl (C=O) groups is 2. The summed E-state index contributed by atoms with van der Waals surface area (Å²) in [4.78, 5) is 26.0. The van der Waals surface area contributed by atoms with Gasteiger partial charge in [0.1, 0.15) is 0 Å². The van der Waals surface area contributed by atoms with Gasteiger partial charge >= 0.3 is 11.8 Å². The number of halogens is 1. The van der Waals surface area contributed by atoms with Crippen molar-refractivity contribution in [1.82, 2.24) is 15.6 Å². The van der Waals surface area contributed by atoms with Crippen LogP contribution < -0.4 is 20.2 Å². The molecule has 9 nitrogen and oxygen atoms in total. The summed E-state index contributed by atoms with van der Waals surface area (Å²) in [5.41, 5.74) is 2.92. The lowest BCUT2D eigenvalue weighted by atomic mass is 10.2. The molecule has 0 radical (unpaired) electrons. The number of carbonyl (C=O) groups excluding carboxylic acids is 2. The number of rotatable bonds is 10. The average Bonchev–Trinajstić information content (AvgIpc) is 2.74. The highest BCUT2D eigenvalue weighted by Crippen LogP contribution is 2.36. The third-order valence-corrected chi connectivity index (χ3v) is 4.84. The third kappa shape index (κ3) is 7.92. The molecule has 30 heavy (non-hydrogen) atoms. The van der Waals surface area contributed by atoms with E-state index in [1.165, 1.54) is 6.21 Å². The Bertz CT molecular complexity index is 738. The third-order valence-electron chi connectivity index (χ3n) is 4.25. The van der Waals surface area contributed by atoms with Crippen molar-refractivity contribution >= 4 is 34.0 Å². The fraction of sp³-hybridized carbons (Fsp3) is 0.550. The number of nitrogens with one attached hydrogen (secondary N) is 2. The molecule has 10 heteroatoms. The van der Waals surface area contributed by atoms with E-state index in [0.29, 0.717) is 41.3 Å². The number of nitrogens with zero attached hydrogens (tertiary/aromatic N) is 2. The molecule has 1 aliphatic rings. The molecule has 0 unspecified atom stereocenters. The van der Waals surface area contributed by atoms with Gasteiger partial charge in [0.05, 0.1) is 37.1 Å². The monoisotopic (exact) mass is 484 g/mol. The van der Waals surface area contributed by atoms with E-state index in [4.69, 9.17) is 14.2 Å². The van der Waals surface area contributed by atoms with Crippen LogP contribution in [0.25, 0.3) is 0 Å². The van der Waals surface area contributed by atoms with E-state index in [-0.39, 0.29) is 0 Å². The molecule has 1 fully saturated rings. The van der Waals surface area contributed by atoms with Crippen LogP contribution in [0.1, 0.15) is 25.8 Å². The second-order valence-corrected chi connectivity index (χ2v) is 7.31. The minimum Gasteiger partial charge on any atom is -0.490 e. The summed E-state index contributed by atoms with van der Waals surface area (Å²) in [6.45, 7) is 9.32. The molecule has 0 aromatic heterocycles. The number of hydrazone groups is 1. The van der Waals surface area contributed by atoms with Gasteiger partial charge in [-0.3, -0.25) is 14.5 Å². The summed E-state index contributed by atoms with van der Waals surface area (Å²) in [7, 11) is 0. The van der Waals surface area contributed by atoms with E-state index in [1.54, 1.807) is 12.1 Å². The van der Waals surface area contributed by atoms with Crippen molar-refractivity contribution in [3.8, 4) is 11.5 Å². The number of ether oxygens (including phenoxy) is 3. The van der Waals surface area contributed by atoms with Gasteiger partial charge in [-0.15, -0.1) is 0 Å². The topological polar surface area (TPSA) is 101 Å². The van der Waals surface area contributed by atoms with E-state index >= 15 is 0 Å². The van der Waals surface area contributed by atoms with Crippen molar-refractivity contribution in [1.29, 1.82) is 0 Å². The number of amides is 2. The summed E-state index contributed by atoms with van der Waals surface area (Å²) in [5, 5.41) is 6.46. The quantitative estimate of drug-likeness (QED) is 0.226. The van der Waals surface area contributed by atoms with Gasteiger partial charge in [0.25, 0.3) is 0 Å². The van der Waals surface area contributed by atoms with Crippen LogP contribution in [0.4, 0.5) is 0 Å². The van der Waals surface area contributed by atoms with E-state index in [2.05, 4.69) is 36.7 Å². The van der Waals surface area contributed by atoms with E-state index in [9.17, 15) is 9.59 Å². The summed E-state index contributed by atoms with van der Waals surface area (Å²) in [6.07, 6.45) is 2.20. The molecule has 1 aromatic carbocycles. The second kappa shape index (κ2) is 13.2. The maximum Gasteiger partial charge on any atom is 0.329 e. The lowest BCUT2D eigenvalue weighted by Gasteiger charge is -2.26. The van der Waals surface area contributed by atoms with Crippen molar-refractivity contribution < 1.29 is 23.8 Å². The molecular formula is C20H29BrN4O5. The van der Waals surface area contributed by atoms with Gasteiger partial charge in [-0.05, 0) is 60.4 Å². The number of benzene rings is 1. The van der Waals surface area contributed by atoms with Crippen LogP contribution in [0.15, 0.2) is 21.7 Å². The average molecular weight is 485 g/mol. The molecule has 1 aromatic rings. The molecule has 2 N–H and O–H groups in total. The predicted molar refractivity (Wildman–Crippen MR) is 117 cm³/mol. The molecule has 166 valence electrons. The molecule has 2 amide bonds. The van der Waals surface area contributed by atoms with Gasteiger partial charge in [-0.25, -0.2) is 5.43 Å². The Morgan fingerprint density at radius 1 is 1.20 bits per heavy atom. The zero-order valence-electron chi connectivity index (χ0n) is 17.4. The summed E-state index contributed by atoms with van der Waals surface area (Å²) >= 11 is 3.45. The second-order valence-electron chi connectivity index (χ2n) is 6.46. The Labute approximate surface area is 185 Å². The maximum absolute atomic E-state index is 11.9. The van der Waals surface area contributed by atoms with Gasteiger partial charge in [0.2, 0.25) is 0 Å². The minimum absolute atomic E-state index is 0.427. The molecule has 1 aliphatic heterocycles. The number of hydrogen-bond donors (Lipinski definition) is 2. The Balaban J connectivity index is 1.79. The highest BCUT2D eigenvalue weighted by atomic mass is 79.9. The molecule has 1 heterocycles. The van der Waals surface area contributed by atoms with Crippen molar-refractivity contribution in [2.45, 2.75) is 20.3 Å². The Morgan fingerprint density at radius 3 is 2.63 bits per heavy atom. The predicted octanol–water partition coefficient (Wildman–Crippen LogP) is 1.54. The molecular weight excluding hydrogens is 456 g/mol. The first-order valence-corrected chi connectivity index (χ1v) is 10.8. The molecule has 1 saturated heterocycles. The standard InChI is InChI=1S/C20H29BrN4O5/c1-3-29-17-13-15(12-16(21)18(17)30-4-2)14-23-24-20(27)19(26)22-6-5-7-25-8-10-28-11-9-25/h12-14H,3-11H2,1-2H3,(H,22,26)(H,24,27)/b23-14-. The van der Waals surface area contributed by atoms with Crippen LogP contribution in [-0.2, 0) is 14.3 Å². The van der Waals surface area contributed by atoms with Crippen LogP contribution >= 0.6 is 15.9 Å². The molecule has 2 rings (SSSR count). The fourth-order valence-corrected chi connectivity index (χ4v) is 3.41. The normalized spacial score (nSPS) is 14.5. The van der Waals surface area contributed by atoms with Gasteiger partial charge in [-0.1, -0.05) is 0 Å². The molecule has 0 atom stereocenters. The molecule has 0 aliphatic carbocycles. The minimum atomic E-state index is -0.812. The van der Waals surface area contributed by atoms with Gasteiger partial charge in [-0.2, -0.15) is 5.10 Å². The summed E-state index contributed by atoms with van der Waals surface area (Å²) in [5.74, 6) is -0.346. The van der Waals surface area contributed by atoms with Crippen LogP contribution in [-0.4, -0.2) is 75.5 Å². The van der Waals surface area contributed by atoms with Crippen LogP contribution in [0, 0.1) is 0 Å². The first-order chi connectivity index (χ1) is 14.5. The zero-order chi connectivity index (χ0) is 21.8. The molecule has 0 bridgehead atoms. The zero-order valence-corrected chi connectivity index (χ0v) is 19.0. The largest absolute Gasteiger partial charge is 0.490 e. The van der Waals surface area contributed by atoms with Crippen molar-refractivity contribution in [3.63, 3.8) is 0 Å². The highest BCUT2D eigenvalue weighted by molar-refractivity contribution is 9.10. The molecule has 0 spiro atoms. The number of hydrogen-bond acceptors (Lipinski definition) is 7. The summed E-state index contributed by atoms with van der Waals surface area (Å²) in [6, 6.07) is 3.54. The van der Waals surface area contributed by atoms with Gasteiger partial charge in [0, 0.05) is 19.6 Å².